The Labute approximate surface area is 186 Å². The maximum Gasteiger partial charge on any atom is 0.404 e. The molecule has 1 N–H and O–H groups in total. The van der Waals surface area contributed by atoms with Gasteiger partial charge in [-0.2, -0.15) is 0 Å². The molecule has 0 saturated carbocycles. The summed E-state index contributed by atoms with van der Waals surface area (Å²) in [5, 5.41) is 13.4. The van der Waals surface area contributed by atoms with Crippen molar-refractivity contribution in [2.45, 2.75) is 32.3 Å². The lowest BCUT2D eigenvalue weighted by Crippen LogP contribution is -2.29. The lowest BCUT2D eigenvalue weighted by Gasteiger charge is -2.19. The van der Waals surface area contributed by atoms with Crippen molar-refractivity contribution in [2.75, 3.05) is 33.2 Å². The van der Waals surface area contributed by atoms with Crippen LogP contribution in [0.4, 0.5) is 10.5 Å². The number of carbonyl (C=O) groups is 3. The quantitative estimate of drug-likeness (QED) is 0.412. The fraction of sp³-hybridized carbons (Fsp3) is 0.526. The number of hydrogen-bond acceptors (Lipinski definition) is 8. The topological polar surface area (TPSA) is 119 Å². The number of nitro benzene ring substituents is 1. The van der Waals surface area contributed by atoms with Crippen molar-refractivity contribution in [3.8, 4) is 0 Å². The van der Waals surface area contributed by atoms with Gasteiger partial charge in [-0.15, -0.1) is 12.4 Å². The first-order valence-corrected chi connectivity index (χ1v) is 9.64. The highest BCUT2D eigenvalue weighted by molar-refractivity contribution is 6.61. The van der Waals surface area contributed by atoms with Crippen LogP contribution in [0.2, 0.25) is 0 Å². The Balaban J connectivity index is 0.000000447. The van der Waals surface area contributed by atoms with Crippen molar-refractivity contribution in [1.29, 1.82) is 0 Å². The summed E-state index contributed by atoms with van der Waals surface area (Å²) in [6.07, 6.45) is 2.99. The Bertz CT molecular complexity index is 682. The molecule has 2 aliphatic heterocycles. The zero-order valence-electron chi connectivity index (χ0n) is 16.8. The van der Waals surface area contributed by atoms with E-state index in [9.17, 15) is 24.5 Å². The number of non-ortho nitro benzene ring substituents is 1. The minimum atomic E-state index is -0.900. The number of nitrogens with zero attached hydrogens (tertiary/aromatic N) is 2. The molecule has 9 nitrogen and oxygen atoms in total. The summed E-state index contributed by atoms with van der Waals surface area (Å²) in [7, 11) is 2.05. The number of halogens is 2. The van der Waals surface area contributed by atoms with Gasteiger partial charge in [0.1, 0.15) is 18.2 Å². The summed E-state index contributed by atoms with van der Waals surface area (Å²) in [4.78, 5) is 43.2. The Morgan fingerprint density at radius 2 is 1.60 bits per heavy atom. The van der Waals surface area contributed by atoms with Gasteiger partial charge in [-0.1, -0.05) is 0 Å². The fourth-order valence-electron chi connectivity index (χ4n) is 2.43. The van der Waals surface area contributed by atoms with Crippen molar-refractivity contribution < 1.29 is 24.0 Å². The van der Waals surface area contributed by atoms with Crippen molar-refractivity contribution in [2.24, 2.45) is 0 Å². The molecule has 0 amide bonds. The van der Waals surface area contributed by atoms with E-state index in [4.69, 9.17) is 11.6 Å². The number of Topliss-reactive ketones (excluding diaryl/α,β-unsaturated/α-hetero) is 2. The third kappa shape index (κ3) is 13.2. The molecule has 1 aromatic rings. The van der Waals surface area contributed by atoms with E-state index >= 15 is 0 Å². The number of carbonyl (C=O) groups excluding carboxylic acids is 3. The highest BCUT2D eigenvalue weighted by Gasteiger charge is 2.11. The molecule has 30 heavy (non-hydrogen) atoms. The average molecular weight is 464 g/mol. The van der Waals surface area contributed by atoms with Gasteiger partial charge in [0.2, 0.25) is 0 Å². The van der Waals surface area contributed by atoms with Crippen LogP contribution in [0.15, 0.2) is 24.3 Å². The number of rotatable bonds is 3. The smallest absolute Gasteiger partial charge is 0.404 e. The number of hydrogen-bond donors (Lipinski definition) is 1. The second-order valence-corrected chi connectivity index (χ2v) is 6.89. The van der Waals surface area contributed by atoms with E-state index in [1.54, 1.807) is 0 Å². The number of piperidine rings is 2. The molecular weight excluding hydrogens is 437 g/mol. The molecule has 0 aromatic heterocycles. The van der Waals surface area contributed by atoms with Crippen LogP contribution in [0.1, 0.15) is 31.2 Å². The Kier molecular flexibility index (Phi) is 14.6. The minimum Gasteiger partial charge on any atom is -0.449 e. The predicted molar refractivity (Wildman–Crippen MR) is 115 cm³/mol. The van der Waals surface area contributed by atoms with Crippen LogP contribution in [0.5, 0.6) is 0 Å². The lowest BCUT2D eigenvalue weighted by atomic mass is 10.1. The third-order valence-electron chi connectivity index (χ3n) is 4.21. The van der Waals surface area contributed by atoms with Gasteiger partial charge in [0.05, 0.1) is 4.92 Å². The van der Waals surface area contributed by atoms with Gasteiger partial charge in [-0.25, -0.2) is 4.79 Å². The van der Waals surface area contributed by atoms with Gasteiger partial charge < -0.3 is 15.0 Å². The summed E-state index contributed by atoms with van der Waals surface area (Å²) in [5.74, 6) is 0.821. The average Bonchev–Trinajstić information content (AvgIpc) is 2.70. The normalized spacial score (nSPS) is 16.1. The number of ether oxygens (including phenoxy) is 1. The largest absolute Gasteiger partial charge is 0.449 e. The standard InChI is InChI=1S/C8H6ClNO4.C6H11NO.C5H9NO.ClH/c9-8(11)14-5-6-1-3-7(4-2-6)10(12)13;1-7-4-2-6(8)3-5-7;7-5-1-3-6-4-2-5;/h1-4H,5H2;2-5H2,1H3;6H,1-4H2;1H. The zero-order chi connectivity index (χ0) is 21.6. The molecule has 0 radical (unpaired) electrons. The minimum absolute atomic E-state index is 0. The highest BCUT2D eigenvalue weighted by Crippen LogP contribution is 2.12. The van der Waals surface area contributed by atoms with Crippen LogP contribution in [-0.2, 0) is 20.9 Å². The first kappa shape index (κ1) is 27.9. The number of nitro groups is 1. The van der Waals surface area contributed by atoms with E-state index in [0.717, 1.165) is 51.9 Å². The Morgan fingerprint density at radius 1 is 1.10 bits per heavy atom. The molecule has 0 aliphatic carbocycles. The Morgan fingerprint density at radius 3 is 1.97 bits per heavy atom. The second-order valence-electron chi connectivity index (χ2n) is 6.58. The first-order chi connectivity index (χ1) is 13.8. The summed E-state index contributed by atoms with van der Waals surface area (Å²) in [6, 6.07) is 5.66. The Hall–Kier alpha value is -2.07. The van der Waals surface area contributed by atoms with E-state index in [2.05, 4.69) is 15.0 Å². The molecule has 0 unspecified atom stereocenters. The van der Waals surface area contributed by atoms with Crippen molar-refractivity contribution in [3.05, 3.63) is 39.9 Å². The summed E-state index contributed by atoms with van der Waals surface area (Å²) >= 11 is 4.94. The molecule has 2 aliphatic rings. The number of ketones is 2. The highest BCUT2D eigenvalue weighted by atomic mass is 35.5. The van der Waals surface area contributed by atoms with Crippen LogP contribution in [0.25, 0.3) is 0 Å². The van der Waals surface area contributed by atoms with E-state index < -0.39 is 10.4 Å². The lowest BCUT2D eigenvalue weighted by molar-refractivity contribution is -0.384. The molecule has 0 atom stereocenters. The SMILES string of the molecule is CN1CCC(=O)CC1.Cl.O=C(Cl)OCc1ccc([N+](=O)[O-])cc1.O=C1CCNCC1. The van der Waals surface area contributed by atoms with Gasteiger partial charge in [-0.05, 0) is 24.7 Å². The molecular formula is C19H27Cl2N3O6. The monoisotopic (exact) mass is 463 g/mol. The van der Waals surface area contributed by atoms with Crippen molar-refractivity contribution >= 4 is 46.7 Å². The molecule has 0 spiro atoms. The predicted octanol–water partition coefficient (Wildman–Crippen LogP) is 3.11. The van der Waals surface area contributed by atoms with Gasteiger partial charge in [-0.3, -0.25) is 19.7 Å². The molecule has 3 rings (SSSR count). The number of nitrogens with one attached hydrogen (secondary N) is 1. The van der Waals surface area contributed by atoms with E-state index in [1.807, 2.05) is 7.05 Å². The molecule has 1 aromatic carbocycles. The molecule has 168 valence electrons. The van der Waals surface area contributed by atoms with Crippen LogP contribution >= 0.6 is 24.0 Å². The maximum atomic E-state index is 10.6. The third-order valence-corrected chi connectivity index (χ3v) is 4.31. The van der Waals surface area contributed by atoms with Gasteiger partial charge in [0.15, 0.2) is 0 Å². The first-order valence-electron chi connectivity index (χ1n) is 9.26. The van der Waals surface area contributed by atoms with Gasteiger partial charge in [0.25, 0.3) is 5.69 Å². The second kappa shape index (κ2) is 15.7. The number of benzene rings is 1. The van der Waals surface area contributed by atoms with E-state index in [0.29, 0.717) is 17.1 Å². The van der Waals surface area contributed by atoms with Crippen LogP contribution in [0, 0.1) is 10.1 Å². The maximum absolute atomic E-state index is 10.6. The number of likely N-dealkylation sites (tertiary alicyclic amines) is 1. The molecule has 0 bridgehead atoms. The van der Waals surface area contributed by atoms with Crippen LogP contribution in [-0.4, -0.2) is 60.0 Å². The summed E-state index contributed by atoms with van der Waals surface area (Å²) in [6.45, 7) is 3.70. The van der Waals surface area contributed by atoms with Crippen LogP contribution < -0.4 is 5.32 Å². The molecule has 2 fully saturated rings. The fourth-order valence-corrected chi connectivity index (χ4v) is 2.48. The summed E-state index contributed by atoms with van der Waals surface area (Å²) < 4.78 is 4.48. The molecule has 11 heteroatoms. The van der Waals surface area contributed by atoms with Crippen molar-refractivity contribution in [1.82, 2.24) is 10.2 Å². The van der Waals surface area contributed by atoms with E-state index in [-0.39, 0.29) is 24.7 Å². The van der Waals surface area contributed by atoms with Gasteiger partial charge in [0, 0.05) is 75.6 Å². The zero-order valence-corrected chi connectivity index (χ0v) is 18.4. The van der Waals surface area contributed by atoms with E-state index in [1.165, 1.54) is 24.3 Å². The molecule has 2 heterocycles. The van der Waals surface area contributed by atoms with Gasteiger partial charge >= 0.3 is 5.43 Å². The molecule has 2 saturated heterocycles. The van der Waals surface area contributed by atoms with Crippen LogP contribution in [0.3, 0.4) is 0 Å². The van der Waals surface area contributed by atoms with Crippen molar-refractivity contribution in [3.63, 3.8) is 0 Å². The summed E-state index contributed by atoms with van der Waals surface area (Å²) in [5.41, 5.74) is -0.265.